The van der Waals surface area contributed by atoms with Gasteiger partial charge < -0.3 is 9.72 Å². The molecule has 28 heavy (non-hydrogen) atoms. The van der Waals surface area contributed by atoms with Gasteiger partial charge in [0.1, 0.15) is 0 Å². The fourth-order valence-electron chi connectivity index (χ4n) is 3.89. The number of ether oxygens (including phenoxy) is 1. The number of ketones is 1. The zero-order valence-electron chi connectivity index (χ0n) is 15.2. The Morgan fingerprint density at radius 3 is 2.46 bits per heavy atom. The van der Waals surface area contributed by atoms with Gasteiger partial charge in [0.15, 0.2) is 6.61 Å². The van der Waals surface area contributed by atoms with Crippen molar-refractivity contribution < 1.29 is 23.9 Å². The number of aromatic nitrogens is 1. The highest BCUT2D eigenvalue weighted by atomic mass is 16.5. The molecule has 144 valence electrons. The Balaban J connectivity index is 1.30. The molecule has 0 spiro atoms. The molecule has 7 heteroatoms. The number of nitrogens with zero attached hydrogens (tertiary/aromatic N) is 1. The van der Waals surface area contributed by atoms with E-state index in [0.717, 1.165) is 15.8 Å². The van der Waals surface area contributed by atoms with Gasteiger partial charge >= 0.3 is 5.97 Å². The summed E-state index contributed by atoms with van der Waals surface area (Å²) in [5.41, 5.74) is 1.30. The van der Waals surface area contributed by atoms with Crippen LogP contribution >= 0.6 is 0 Å². The molecule has 2 atom stereocenters. The summed E-state index contributed by atoms with van der Waals surface area (Å²) in [6, 6.07) is 7.37. The minimum atomic E-state index is -0.609. The molecule has 1 aromatic carbocycles. The maximum Gasteiger partial charge on any atom is 0.308 e. The zero-order chi connectivity index (χ0) is 19.7. The zero-order valence-corrected chi connectivity index (χ0v) is 15.2. The first-order valence-corrected chi connectivity index (χ1v) is 9.31. The second-order valence-corrected chi connectivity index (χ2v) is 7.07. The highest BCUT2D eigenvalue weighted by Gasteiger charge is 2.46. The van der Waals surface area contributed by atoms with Gasteiger partial charge in [-0.15, -0.1) is 0 Å². The van der Waals surface area contributed by atoms with Crippen molar-refractivity contribution in [2.75, 3.05) is 13.2 Å². The number of esters is 1. The van der Waals surface area contributed by atoms with Gasteiger partial charge in [0.2, 0.25) is 17.6 Å². The number of rotatable bonds is 6. The number of imide groups is 1. The highest BCUT2D eigenvalue weighted by Crippen LogP contribution is 2.35. The molecule has 1 aromatic heterocycles. The van der Waals surface area contributed by atoms with E-state index >= 15 is 0 Å². The molecule has 7 nitrogen and oxygen atoms in total. The van der Waals surface area contributed by atoms with Crippen LogP contribution in [0.25, 0.3) is 10.9 Å². The van der Waals surface area contributed by atoms with E-state index in [9.17, 15) is 19.2 Å². The van der Waals surface area contributed by atoms with Gasteiger partial charge in [-0.1, -0.05) is 30.4 Å². The van der Waals surface area contributed by atoms with Gasteiger partial charge in [-0.3, -0.25) is 24.1 Å². The SMILES string of the molecule is O=C(CCN1C(=O)C2CC=CCC2C1=O)OCC(=O)c1c[nH]c2ccccc12. The highest BCUT2D eigenvalue weighted by molar-refractivity contribution is 6.09. The molecule has 2 heterocycles. The molecular formula is C21H20N2O5. The van der Waals surface area contributed by atoms with Gasteiger partial charge in [0.25, 0.3) is 0 Å². The van der Waals surface area contributed by atoms with Gasteiger partial charge in [-0.2, -0.15) is 0 Å². The summed E-state index contributed by atoms with van der Waals surface area (Å²) in [5.74, 6) is -1.98. The molecule has 1 fully saturated rings. The largest absolute Gasteiger partial charge is 0.457 e. The number of carbonyl (C=O) groups is 4. The minimum absolute atomic E-state index is 0.00915. The van der Waals surface area contributed by atoms with Crippen LogP contribution in [0.3, 0.4) is 0 Å². The average molecular weight is 380 g/mol. The third kappa shape index (κ3) is 3.24. The number of Topliss-reactive ketones (excluding diaryl/α,β-unsaturated/α-hetero) is 1. The molecular weight excluding hydrogens is 360 g/mol. The number of allylic oxidation sites excluding steroid dienone is 2. The Bertz CT molecular complexity index is 964. The number of para-hydroxylation sites is 1. The number of H-pyrrole nitrogens is 1. The summed E-state index contributed by atoms with van der Waals surface area (Å²) < 4.78 is 5.06. The standard InChI is InChI=1S/C21H20N2O5/c24-18(16-11-22-17-8-4-3-5-13(16)17)12-28-19(25)9-10-23-20(26)14-6-1-2-7-15(14)21(23)27/h1-5,8,11,14-15,22H,6-7,9-10,12H2. The normalized spacial score (nSPS) is 21.2. The van der Waals surface area contributed by atoms with Crippen molar-refractivity contribution in [3.63, 3.8) is 0 Å². The lowest BCUT2D eigenvalue weighted by atomic mass is 9.85. The van der Waals surface area contributed by atoms with Gasteiger partial charge in [0.05, 0.1) is 18.3 Å². The molecule has 0 saturated carbocycles. The molecule has 1 saturated heterocycles. The fourth-order valence-corrected chi connectivity index (χ4v) is 3.89. The average Bonchev–Trinajstić information content (AvgIpc) is 3.25. The van der Waals surface area contributed by atoms with Gasteiger partial charge in [0, 0.05) is 29.2 Å². The van der Waals surface area contributed by atoms with Crippen LogP contribution in [0.4, 0.5) is 0 Å². The van der Waals surface area contributed by atoms with E-state index in [1.54, 1.807) is 6.20 Å². The number of fused-ring (bicyclic) bond motifs is 2. The van der Waals surface area contributed by atoms with Crippen LogP contribution in [-0.4, -0.2) is 46.6 Å². The lowest BCUT2D eigenvalue weighted by Gasteiger charge is -2.14. The molecule has 0 bridgehead atoms. The van der Waals surface area contributed by atoms with Crippen LogP contribution in [0.2, 0.25) is 0 Å². The summed E-state index contributed by atoms with van der Waals surface area (Å²) in [6.07, 6.45) is 6.44. The van der Waals surface area contributed by atoms with E-state index in [4.69, 9.17) is 4.74 Å². The first-order valence-electron chi connectivity index (χ1n) is 9.31. The molecule has 1 aliphatic carbocycles. The van der Waals surface area contributed by atoms with Crippen molar-refractivity contribution in [3.8, 4) is 0 Å². The Morgan fingerprint density at radius 1 is 1.07 bits per heavy atom. The fraction of sp³-hybridized carbons (Fsp3) is 0.333. The predicted octanol–water partition coefficient (Wildman–Crippen LogP) is 2.24. The van der Waals surface area contributed by atoms with Crippen molar-refractivity contribution in [2.24, 2.45) is 11.8 Å². The number of likely N-dealkylation sites (tertiary alicyclic amines) is 1. The van der Waals surface area contributed by atoms with Crippen LogP contribution in [-0.2, 0) is 19.1 Å². The smallest absolute Gasteiger partial charge is 0.308 e. The summed E-state index contributed by atoms with van der Waals surface area (Å²) in [7, 11) is 0. The third-order valence-corrected chi connectivity index (χ3v) is 5.39. The number of amides is 2. The topological polar surface area (TPSA) is 96.5 Å². The molecule has 2 aliphatic rings. The quantitative estimate of drug-likeness (QED) is 0.359. The molecule has 1 aliphatic heterocycles. The number of hydrogen-bond donors (Lipinski definition) is 1. The van der Waals surface area contributed by atoms with Crippen LogP contribution in [0.15, 0.2) is 42.6 Å². The van der Waals surface area contributed by atoms with Crippen LogP contribution in [0, 0.1) is 11.8 Å². The van der Waals surface area contributed by atoms with Crippen molar-refractivity contribution in [3.05, 3.63) is 48.2 Å². The number of aromatic amines is 1. The van der Waals surface area contributed by atoms with E-state index < -0.39 is 5.97 Å². The number of hydrogen-bond acceptors (Lipinski definition) is 5. The van der Waals surface area contributed by atoms with Crippen molar-refractivity contribution in [2.45, 2.75) is 19.3 Å². The van der Waals surface area contributed by atoms with Crippen molar-refractivity contribution in [1.29, 1.82) is 0 Å². The molecule has 1 N–H and O–H groups in total. The monoisotopic (exact) mass is 380 g/mol. The number of carbonyl (C=O) groups excluding carboxylic acids is 4. The van der Waals surface area contributed by atoms with E-state index in [1.807, 2.05) is 36.4 Å². The molecule has 2 unspecified atom stereocenters. The first kappa shape index (κ1) is 18.2. The van der Waals surface area contributed by atoms with E-state index in [1.165, 1.54) is 0 Å². The summed E-state index contributed by atoms with van der Waals surface area (Å²) in [6.45, 7) is -0.386. The van der Waals surface area contributed by atoms with Gasteiger partial charge in [-0.05, 0) is 18.9 Å². The molecule has 0 radical (unpaired) electrons. The summed E-state index contributed by atoms with van der Waals surface area (Å²) >= 11 is 0. The predicted molar refractivity (Wildman–Crippen MR) is 100 cm³/mol. The Kier molecular flexibility index (Phi) is 4.81. The number of nitrogens with one attached hydrogen (secondary N) is 1. The number of benzene rings is 1. The Labute approximate surface area is 161 Å². The van der Waals surface area contributed by atoms with Crippen LogP contribution in [0.5, 0.6) is 0 Å². The third-order valence-electron chi connectivity index (χ3n) is 5.39. The Hall–Kier alpha value is -3.22. The molecule has 4 rings (SSSR count). The second kappa shape index (κ2) is 7.42. The van der Waals surface area contributed by atoms with Crippen molar-refractivity contribution in [1.82, 2.24) is 9.88 Å². The minimum Gasteiger partial charge on any atom is -0.457 e. The van der Waals surface area contributed by atoms with E-state index in [0.29, 0.717) is 18.4 Å². The first-order chi connectivity index (χ1) is 13.6. The Morgan fingerprint density at radius 2 is 1.75 bits per heavy atom. The lowest BCUT2D eigenvalue weighted by Crippen LogP contribution is -2.33. The van der Waals surface area contributed by atoms with E-state index in [2.05, 4.69) is 4.98 Å². The summed E-state index contributed by atoms with van der Waals surface area (Å²) in [4.78, 5) is 53.3. The lowest BCUT2D eigenvalue weighted by molar-refractivity contribution is -0.145. The van der Waals surface area contributed by atoms with Crippen molar-refractivity contribution >= 4 is 34.5 Å². The molecule has 2 aromatic rings. The maximum atomic E-state index is 12.4. The van der Waals surface area contributed by atoms with Crippen LogP contribution < -0.4 is 0 Å². The maximum absolute atomic E-state index is 12.4. The van der Waals surface area contributed by atoms with Crippen LogP contribution in [0.1, 0.15) is 29.6 Å². The second-order valence-electron chi connectivity index (χ2n) is 7.07. The summed E-state index contributed by atoms with van der Waals surface area (Å²) in [5, 5.41) is 0.771. The molecule has 2 amide bonds. The van der Waals surface area contributed by atoms with Gasteiger partial charge in [-0.25, -0.2) is 0 Å². The van der Waals surface area contributed by atoms with E-state index in [-0.39, 0.29) is 49.0 Å².